The molecule has 0 aliphatic rings. The first-order valence-corrected chi connectivity index (χ1v) is 8.72. The van der Waals surface area contributed by atoms with E-state index in [4.69, 9.17) is 0 Å². The Bertz CT molecular complexity index is 325. The first-order chi connectivity index (χ1) is 6.79. The maximum atomic E-state index is 10.3. The van der Waals surface area contributed by atoms with Gasteiger partial charge in [0.05, 0.1) is 0 Å². The van der Waals surface area contributed by atoms with Gasteiger partial charge in [-0.25, -0.2) is 0 Å². The van der Waals surface area contributed by atoms with Crippen LogP contribution in [0.2, 0.25) is 0 Å². The van der Waals surface area contributed by atoms with E-state index < -0.39 is 41.6 Å². The summed E-state index contributed by atoms with van der Waals surface area (Å²) in [6.45, 7) is 0. The van der Waals surface area contributed by atoms with Crippen LogP contribution in [-0.2, 0) is 30.8 Å². The Kier molecular flexibility index (Phi) is 39.4. The average Bonchev–Trinajstić information content (AvgIpc) is 1.70. The van der Waals surface area contributed by atoms with E-state index in [1.807, 2.05) is 0 Å². The molecule has 0 atom stereocenters. The van der Waals surface area contributed by atoms with E-state index in [0.717, 1.165) is 0 Å². The molecular formula is C3H6CuK4NO9P3. The Labute approximate surface area is 303 Å². The van der Waals surface area contributed by atoms with Crippen molar-refractivity contribution in [2.75, 3.05) is 18.9 Å². The van der Waals surface area contributed by atoms with Crippen molar-refractivity contribution >= 4 is 22.8 Å². The molecule has 107 valence electrons. The summed E-state index contributed by atoms with van der Waals surface area (Å²) in [7, 11) is -15.8. The van der Waals surface area contributed by atoms with Crippen LogP contribution in [0.15, 0.2) is 0 Å². The molecule has 10 nitrogen and oxygen atoms in total. The molecule has 0 heterocycles. The Balaban J connectivity index is -0.000000112. The number of hydrogen-bond acceptors (Lipinski definition) is 10. The second kappa shape index (κ2) is 19.4. The molecule has 0 aromatic carbocycles. The van der Waals surface area contributed by atoms with Gasteiger partial charge in [-0.15, -0.1) is 0 Å². The largest absolute Gasteiger partial charge is 2.00 e. The van der Waals surface area contributed by atoms with Crippen LogP contribution in [0.5, 0.6) is 0 Å². The molecular weight excluding hydrogens is 507 g/mol. The van der Waals surface area contributed by atoms with Gasteiger partial charge in [0.25, 0.3) is 0 Å². The standard InChI is InChI=1S/C3H12NO9P3.Cu.4K/c5-14(6,7)1-4(2-15(8,9)10)3-16(11,12)13;;;;;/h1-3H2,(H2,5,6,7)(H2,8,9,10)(H2,11,12,13);;;;;/q;+2;4*+1/p-6. The first-order valence-electron chi connectivity index (χ1n) is 3.54. The minimum atomic E-state index is -5.27. The van der Waals surface area contributed by atoms with Gasteiger partial charge in [-0.1, -0.05) is 22.8 Å². The number of hydrogen-bond donors (Lipinski definition) is 0. The summed E-state index contributed by atoms with van der Waals surface area (Å²) < 4.78 is 30.8. The molecule has 0 N–H and O–H groups in total. The molecule has 18 heteroatoms. The third-order valence-electron chi connectivity index (χ3n) is 1.12. The van der Waals surface area contributed by atoms with Gasteiger partial charge in [0.2, 0.25) is 0 Å². The fraction of sp³-hybridized carbons (Fsp3) is 1.00. The Hall–Kier alpha value is 7.47. The minimum absolute atomic E-state index is 0. The third kappa shape index (κ3) is 35.3. The van der Waals surface area contributed by atoms with Crippen LogP contribution >= 0.6 is 22.8 Å². The molecule has 21 heavy (non-hydrogen) atoms. The van der Waals surface area contributed by atoms with Crippen molar-refractivity contribution in [1.29, 1.82) is 0 Å². The molecule has 0 saturated heterocycles. The summed E-state index contributed by atoms with van der Waals surface area (Å²) in [4.78, 5) is 61.5. The summed E-state index contributed by atoms with van der Waals surface area (Å²) in [5.41, 5.74) is 0. The van der Waals surface area contributed by atoms with Crippen molar-refractivity contribution < 1.29 is 266 Å². The minimum Gasteiger partial charge on any atom is -0.810 e. The SMILES string of the molecule is O=P([O-])([O-])CN(CP(=O)([O-])[O-])CP(=O)([O-])[O-].[Cu+2].[K+].[K+].[K+].[K+]. The van der Waals surface area contributed by atoms with E-state index in [1.54, 1.807) is 0 Å². The monoisotopic (exact) mass is 512 g/mol. The molecule has 0 bridgehead atoms. The van der Waals surface area contributed by atoms with Crippen molar-refractivity contribution in [3.8, 4) is 0 Å². The van der Waals surface area contributed by atoms with Crippen molar-refractivity contribution in [1.82, 2.24) is 4.90 Å². The van der Waals surface area contributed by atoms with Gasteiger partial charge in [0.1, 0.15) is 0 Å². The second-order valence-electron chi connectivity index (χ2n) is 2.93. The quantitative estimate of drug-likeness (QED) is 0.243. The number of nitrogens with zero attached hydrogens (tertiary/aromatic N) is 1. The summed E-state index contributed by atoms with van der Waals surface area (Å²) in [6, 6.07) is 0. The van der Waals surface area contributed by atoms with E-state index in [2.05, 4.69) is 0 Å². The summed E-state index contributed by atoms with van der Waals surface area (Å²) in [5, 5.41) is 0. The van der Waals surface area contributed by atoms with Crippen LogP contribution in [0.3, 0.4) is 0 Å². The van der Waals surface area contributed by atoms with Gasteiger partial charge in [0.15, 0.2) is 0 Å². The number of rotatable bonds is 6. The van der Waals surface area contributed by atoms with Crippen LogP contribution in [0.4, 0.5) is 0 Å². The zero-order valence-corrected chi connectivity index (χ0v) is 28.0. The summed E-state index contributed by atoms with van der Waals surface area (Å²) in [5.74, 6) is 0. The molecule has 0 aromatic rings. The molecule has 0 fully saturated rings. The van der Waals surface area contributed by atoms with Crippen LogP contribution in [0, 0.1) is 0 Å². The summed E-state index contributed by atoms with van der Waals surface area (Å²) >= 11 is 0. The average molecular weight is 513 g/mol. The van der Waals surface area contributed by atoms with Crippen LogP contribution in [0.1, 0.15) is 0 Å². The van der Waals surface area contributed by atoms with Crippen LogP contribution < -0.4 is 235 Å². The van der Waals surface area contributed by atoms with Gasteiger partial charge in [0, 0.05) is 18.9 Å². The molecule has 0 unspecified atom stereocenters. The van der Waals surface area contributed by atoms with Crippen molar-refractivity contribution in [2.24, 2.45) is 0 Å². The maximum absolute atomic E-state index is 10.3. The molecule has 0 aliphatic carbocycles. The normalized spacial score (nSPS) is 11.0. The molecule has 0 spiro atoms. The smallest absolute Gasteiger partial charge is 0.810 e. The Morgan fingerprint density at radius 2 is 0.714 bits per heavy atom. The molecule has 0 amide bonds. The summed E-state index contributed by atoms with van der Waals surface area (Å²) in [6.07, 6.45) is -4.55. The fourth-order valence-corrected chi connectivity index (χ4v) is 3.41. The molecule has 0 aromatic heterocycles. The third-order valence-corrected chi connectivity index (χ3v) is 3.36. The van der Waals surface area contributed by atoms with E-state index in [9.17, 15) is 43.1 Å². The Morgan fingerprint density at radius 1 is 0.571 bits per heavy atom. The first kappa shape index (κ1) is 42.6. The predicted molar refractivity (Wildman–Crippen MR) is 39.3 cm³/mol. The van der Waals surface area contributed by atoms with Crippen molar-refractivity contribution in [3.05, 3.63) is 0 Å². The van der Waals surface area contributed by atoms with Gasteiger partial charge in [-0.05, 0) is 0 Å². The Morgan fingerprint density at radius 3 is 0.810 bits per heavy atom. The van der Waals surface area contributed by atoms with E-state index >= 15 is 0 Å². The topological polar surface area (TPSA) is 193 Å². The second-order valence-corrected chi connectivity index (χ2v) is 7.44. The van der Waals surface area contributed by atoms with E-state index in [1.165, 1.54) is 0 Å². The van der Waals surface area contributed by atoms with Crippen molar-refractivity contribution in [2.45, 2.75) is 0 Å². The molecule has 0 rings (SSSR count). The maximum Gasteiger partial charge on any atom is 2.00 e. The fourth-order valence-electron chi connectivity index (χ4n) is 0.869. The predicted octanol–water partition coefficient (Wildman–Crippen LogP) is -17.1. The van der Waals surface area contributed by atoms with Gasteiger partial charge >= 0.3 is 223 Å². The van der Waals surface area contributed by atoms with Gasteiger partial charge in [-0.3, -0.25) is 4.90 Å². The van der Waals surface area contributed by atoms with Crippen LogP contribution in [-0.4, -0.2) is 23.8 Å². The van der Waals surface area contributed by atoms with Gasteiger partial charge < -0.3 is 43.1 Å². The molecule has 0 saturated carbocycles. The molecule has 1 radical (unpaired) electrons. The van der Waals surface area contributed by atoms with E-state index in [0.29, 0.717) is 0 Å². The van der Waals surface area contributed by atoms with Crippen LogP contribution in [0.25, 0.3) is 0 Å². The van der Waals surface area contributed by atoms with Crippen molar-refractivity contribution in [3.63, 3.8) is 0 Å². The van der Waals surface area contributed by atoms with Gasteiger partial charge in [-0.2, -0.15) is 0 Å². The zero-order chi connectivity index (χ0) is 13.2. The molecule has 0 aliphatic heterocycles. The van der Waals surface area contributed by atoms with E-state index in [-0.39, 0.29) is 228 Å². The zero-order valence-electron chi connectivity index (χ0n) is 11.9.